The van der Waals surface area contributed by atoms with E-state index in [1.54, 1.807) is 24.1 Å². The standard InChI is InChI=1S/C19H20N2O3/c1-21-17-9-7-15(11-14(17)8-10-18(21)23)19(24)20-16(12-22)13-5-3-2-4-6-13/h2-7,9,11,16,22H,8,10,12H2,1H3,(H,20,24). The van der Waals surface area contributed by atoms with Gasteiger partial charge in [0.2, 0.25) is 5.91 Å². The van der Waals surface area contributed by atoms with Gasteiger partial charge >= 0.3 is 0 Å². The van der Waals surface area contributed by atoms with Crippen molar-refractivity contribution in [3.05, 3.63) is 65.2 Å². The number of amides is 2. The van der Waals surface area contributed by atoms with Crippen LogP contribution in [-0.4, -0.2) is 30.6 Å². The van der Waals surface area contributed by atoms with Crippen molar-refractivity contribution >= 4 is 17.5 Å². The summed E-state index contributed by atoms with van der Waals surface area (Å²) >= 11 is 0. The predicted octanol–water partition coefficient (Wildman–Crippen LogP) is 2.06. The summed E-state index contributed by atoms with van der Waals surface area (Å²) in [6.07, 6.45) is 1.10. The van der Waals surface area contributed by atoms with E-state index >= 15 is 0 Å². The van der Waals surface area contributed by atoms with Crippen LogP contribution in [0.15, 0.2) is 48.5 Å². The highest BCUT2D eigenvalue weighted by Gasteiger charge is 2.22. The maximum atomic E-state index is 12.5. The van der Waals surface area contributed by atoms with Gasteiger partial charge in [-0.25, -0.2) is 0 Å². The monoisotopic (exact) mass is 324 g/mol. The van der Waals surface area contributed by atoms with E-state index in [2.05, 4.69) is 5.32 Å². The number of carbonyl (C=O) groups is 2. The van der Waals surface area contributed by atoms with E-state index in [9.17, 15) is 14.7 Å². The molecule has 0 aliphatic carbocycles. The third-order valence-corrected chi connectivity index (χ3v) is 4.38. The van der Waals surface area contributed by atoms with Gasteiger partial charge in [-0.3, -0.25) is 9.59 Å². The molecule has 2 N–H and O–H groups in total. The lowest BCUT2D eigenvalue weighted by Gasteiger charge is -2.26. The van der Waals surface area contributed by atoms with Gasteiger partial charge in [0.05, 0.1) is 12.6 Å². The molecule has 0 fully saturated rings. The van der Waals surface area contributed by atoms with Gasteiger partial charge in [0.25, 0.3) is 5.91 Å². The molecular formula is C19H20N2O3. The molecule has 0 aromatic heterocycles. The summed E-state index contributed by atoms with van der Waals surface area (Å²) < 4.78 is 0. The SMILES string of the molecule is CN1C(=O)CCc2cc(C(=O)NC(CO)c3ccccc3)ccc21. The Morgan fingerprint density at radius 2 is 1.96 bits per heavy atom. The van der Waals surface area contributed by atoms with E-state index in [-0.39, 0.29) is 18.4 Å². The topological polar surface area (TPSA) is 69.6 Å². The van der Waals surface area contributed by atoms with Crippen LogP contribution < -0.4 is 10.2 Å². The number of aliphatic hydroxyl groups is 1. The first-order valence-electron chi connectivity index (χ1n) is 7.96. The van der Waals surface area contributed by atoms with Crippen LogP contribution in [0.5, 0.6) is 0 Å². The molecule has 0 radical (unpaired) electrons. The highest BCUT2D eigenvalue weighted by Crippen LogP contribution is 2.27. The summed E-state index contributed by atoms with van der Waals surface area (Å²) in [6, 6.07) is 14.3. The maximum Gasteiger partial charge on any atom is 0.251 e. The van der Waals surface area contributed by atoms with E-state index < -0.39 is 6.04 Å². The molecule has 5 nitrogen and oxygen atoms in total. The number of hydrogen-bond acceptors (Lipinski definition) is 3. The van der Waals surface area contributed by atoms with Crippen LogP contribution in [0.3, 0.4) is 0 Å². The lowest BCUT2D eigenvalue weighted by atomic mass is 9.98. The molecule has 0 saturated heterocycles. The van der Waals surface area contributed by atoms with E-state index in [4.69, 9.17) is 0 Å². The van der Waals surface area contributed by atoms with Crippen LogP contribution in [0, 0.1) is 0 Å². The molecule has 1 atom stereocenters. The zero-order valence-electron chi connectivity index (χ0n) is 13.5. The number of aliphatic hydroxyl groups excluding tert-OH is 1. The number of carbonyl (C=O) groups excluding carboxylic acids is 2. The van der Waals surface area contributed by atoms with E-state index in [1.165, 1.54) is 0 Å². The Balaban J connectivity index is 1.79. The molecule has 0 spiro atoms. The first-order valence-corrected chi connectivity index (χ1v) is 7.96. The van der Waals surface area contributed by atoms with Crippen LogP contribution in [0.1, 0.15) is 33.9 Å². The Hall–Kier alpha value is -2.66. The third kappa shape index (κ3) is 3.16. The van der Waals surface area contributed by atoms with E-state index in [0.29, 0.717) is 18.4 Å². The molecule has 3 rings (SSSR count). The van der Waals surface area contributed by atoms with Gasteiger partial charge in [-0.2, -0.15) is 0 Å². The Morgan fingerprint density at radius 3 is 2.67 bits per heavy atom. The Bertz CT molecular complexity index is 758. The van der Waals surface area contributed by atoms with Gasteiger partial charge in [0, 0.05) is 24.7 Å². The minimum atomic E-state index is -0.445. The minimum absolute atomic E-state index is 0.0872. The minimum Gasteiger partial charge on any atom is -0.394 e. The Labute approximate surface area is 140 Å². The third-order valence-electron chi connectivity index (χ3n) is 4.38. The van der Waals surface area contributed by atoms with Crippen molar-refractivity contribution in [3.63, 3.8) is 0 Å². The number of rotatable bonds is 4. The van der Waals surface area contributed by atoms with Crippen LogP contribution in [0.4, 0.5) is 5.69 Å². The second kappa shape index (κ2) is 6.84. The molecule has 1 aliphatic rings. The van der Waals surface area contributed by atoms with Crippen molar-refractivity contribution in [1.82, 2.24) is 5.32 Å². The average Bonchev–Trinajstić information content (AvgIpc) is 2.63. The quantitative estimate of drug-likeness (QED) is 0.904. The van der Waals surface area contributed by atoms with Crippen LogP contribution in [0.2, 0.25) is 0 Å². The van der Waals surface area contributed by atoms with Crippen LogP contribution >= 0.6 is 0 Å². The summed E-state index contributed by atoms with van der Waals surface area (Å²) in [5.74, 6) is -0.149. The molecule has 0 saturated carbocycles. The Kier molecular flexibility index (Phi) is 4.62. The highest BCUT2D eigenvalue weighted by molar-refractivity contribution is 5.99. The summed E-state index contributed by atoms with van der Waals surface area (Å²) in [5.41, 5.74) is 3.23. The van der Waals surface area contributed by atoms with E-state index in [1.807, 2.05) is 36.4 Å². The first-order chi connectivity index (χ1) is 11.6. The van der Waals surface area contributed by atoms with Crippen molar-refractivity contribution in [1.29, 1.82) is 0 Å². The number of benzene rings is 2. The lowest BCUT2D eigenvalue weighted by Crippen LogP contribution is -2.33. The lowest BCUT2D eigenvalue weighted by molar-refractivity contribution is -0.118. The molecule has 1 heterocycles. The molecule has 1 aliphatic heterocycles. The van der Waals surface area contributed by atoms with Crippen molar-refractivity contribution in [2.75, 3.05) is 18.6 Å². The van der Waals surface area contributed by atoms with Crippen LogP contribution in [-0.2, 0) is 11.2 Å². The average molecular weight is 324 g/mol. The van der Waals surface area contributed by atoms with Gasteiger partial charge < -0.3 is 15.3 Å². The first kappa shape index (κ1) is 16.2. The smallest absolute Gasteiger partial charge is 0.251 e. The van der Waals surface area contributed by atoms with Crippen molar-refractivity contribution in [2.24, 2.45) is 0 Å². The van der Waals surface area contributed by atoms with Gasteiger partial charge in [0.15, 0.2) is 0 Å². The fourth-order valence-electron chi connectivity index (χ4n) is 2.96. The van der Waals surface area contributed by atoms with Crippen molar-refractivity contribution in [3.8, 4) is 0 Å². The normalized spacial score (nSPS) is 14.9. The second-order valence-corrected chi connectivity index (χ2v) is 5.92. The molecular weight excluding hydrogens is 304 g/mol. The summed E-state index contributed by atoms with van der Waals surface area (Å²) in [4.78, 5) is 25.9. The summed E-state index contributed by atoms with van der Waals surface area (Å²) in [6.45, 7) is -0.169. The largest absolute Gasteiger partial charge is 0.394 e. The van der Waals surface area contributed by atoms with Gasteiger partial charge in [-0.05, 0) is 35.7 Å². The molecule has 2 aromatic rings. The Morgan fingerprint density at radius 1 is 1.21 bits per heavy atom. The van der Waals surface area contributed by atoms with Gasteiger partial charge in [-0.15, -0.1) is 0 Å². The number of anilines is 1. The number of fused-ring (bicyclic) bond motifs is 1. The summed E-state index contributed by atoms with van der Waals surface area (Å²) in [7, 11) is 1.75. The molecule has 2 aromatic carbocycles. The summed E-state index contributed by atoms with van der Waals surface area (Å²) in [5, 5.41) is 12.4. The molecule has 5 heteroatoms. The molecule has 0 bridgehead atoms. The van der Waals surface area contributed by atoms with Crippen LogP contribution in [0.25, 0.3) is 0 Å². The fraction of sp³-hybridized carbons (Fsp3) is 0.263. The predicted molar refractivity (Wildman–Crippen MR) is 91.9 cm³/mol. The number of hydrogen-bond donors (Lipinski definition) is 2. The number of nitrogens with zero attached hydrogens (tertiary/aromatic N) is 1. The van der Waals surface area contributed by atoms with E-state index in [0.717, 1.165) is 16.8 Å². The zero-order valence-corrected chi connectivity index (χ0v) is 13.5. The fourth-order valence-corrected chi connectivity index (χ4v) is 2.96. The highest BCUT2D eigenvalue weighted by atomic mass is 16.3. The molecule has 2 amide bonds. The number of nitrogens with one attached hydrogen (secondary N) is 1. The van der Waals surface area contributed by atoms with Crippen molar-refractivity contribution < 1.29 is 14.7 Å². The van der Waals surface area contributed by atoms with Gasteiger partial charge in [-0.1, -0.05) is 30.3 Å². The molecule has 124 valence electrons. The van der Waals surface area contributed by atoms with Crippen molar-refractivity contribution in [2.45, 2.75) is 18.9 Å². The van der Waals surface area contributed by atoms with Gasteiger partial charge in [0.1, 0.15) is 0 Å². The zero-order chi connectivity index (χ0) is 17.1. The molecule has 24 heavy (non-hydrogen) atoms. The second-order valence-electron chi connectivity index (χ2n) is 5.92. The molecule has 1 unspecified atom stereocenters. The number of aryl methyl sites for hydroxylation is 1. The maximum absolute atomic E-state index is 12.5.